The van der Waals surface area contributed by atoms with Gasteiger partial charge in [-0.1, -0.05) is 18.1 Å². The molecule has 0 fully saturated rings. The van der Waals surface area contributed by atoms with Gasteiger partial charge in [-0.05, 0) is 35.9 Å². The molecule has 3 rings (SSSR count). The molecule has 0 saturated carbocycles. The van der Waals surface area contributed by atoms with E-state index in [2.05, 4.69) is 17.1 Å². The molecule has 2 aromatic heterocycles. The summed E-state index contributed by atoms with van der Waals surface area (Å²) in [4.78, 5) is 4.31. The van der Waals surface area contributed by atoms with E-state index in [1.807, 2.05) is 0 Å². The SMILES string of the molecule is CCCSc1ncccc1-c1cc(F)c(OCc2ccno2)c(F)c1. The smallest absolute Gasteiger partial charge is 0.191 e. The van der Waals surface area contributed by atoms with Crippen molar-refractivity contribution in [3.63, 3.8) is 0 Å². The Morgan fingerprint density at radius 1 is 1.16 bits per heavy atom. The van der Waals surface area contributed by atoms with Crippen LogP contribution in [0.5, 0.6) is 5.75 Å². The van der Waals surface area contributed by atoms with E-state index in [-0.39, 0.29) is 6.61 Å². The van der Waals surface area contributed by atoms with E-state index >= 15 is 0 Å². The van der Waals surface area contributed by atoms with Crippen molar-refractivity contribution < 1.29 is 18.0 Å². The Kier molecular flexibility index (Phi) is 5.65. The Hall–Kier alpha value is -2.41. The van der Waals surface area contributed by atoms with Crippen LogP contribution in [0.3, 0.4) is 0 Å². The first-order valence-electron chi connectivity index (χ1n) is 7.78. The molecule has 0 spiro atoms. The lowest BCUT2D eigenvalue weighted by atomic mass is 10.1. The van der Waals surface area contributed by atoms with Gasteiger partial charge in [-0.3, -0.25) is 0 Å². The lowest BCUT2D eigenvalue weighted by molar-refractivity contribution is 0.230. The molecule has 2 heterocycles. The fourth-order valence-electron chi connectivity index (χ4n) is 2.24. The average molecular weight is 362 g/mol. The maximum atomic E-state index is 14.4. The van der Waals surface area contributed by atoms with Crippen LogP contribution in [0, 0.1) is 11.6 Å². The maximum Gasteiger partial charge on any atom is 0.191 e. The molecule has 7 heteroatoms. The van der Waals surface area contributed by atoms with E-state index < -0.39 is 17.4 Å². The van der Waals surface area contributed by atoms with Gasteiger partial charge in [-0.15, -0.1) is 11.8 Å². The summed E-state index contributed by atoms with van der Waals surface area (Å²) in [5.41, 5.74) is 1.12. The van der Waals surface area contributed by atoms with Crippen LogP contribution in [0.25, 0.3) is 11.1 Å². The fraction of sp³-hybridized carbons (Fsp3) is 0.222. The van der Waals surface area contributed by atoms with Crippen molar-refractivity contribution in [1.82, 2.24) is 10.1 Å². The maximum absolute atomic E-state index is 14.4. The summed E-state index contributed by atoms with van der Waals surface area (Å²) >= 11 is 1.56. The summed E-state index contributed by atoms with van der Waals surface area (Å²) in [6.07, 6.45) is 4.09. The van der Waals surface area contributed by atoms with Gasteiger partial charge in [0.25, 0.3) is 0 Å². The first-order valence-corrected chi connectivity index (χ1v) is 8.77. The van der Waals surface area contributed by atoms with Crippen LogP contribution in [-0.4, -0.2) is 15.9 Å². The van der Waals surface area contributed by atoms with E-state index in [1.54, 1.807) is 36.2 Å². The van der Waals surface area contributed by atoms with Crippen molar-refractivity contribution >= 4 is 11.8 Å². The van der Waals surface area contributed by atoms with Crippen molar-refractivity contribution in [3.05, 3.63) is 60.1 Å². The van der Waals surface area contributed by atoms with Crippen molar-refractivity contribution in [2.24, 2.45) is 0 Å². The number of thioether (sulfide) groups is 1. The monoisotopic (exact) mass is 362 g/mol. The van der Waals surface area contributed by atoms with Crippen LogP contribution in [-0.2, 0) is 6.61 Å². The molecule has 4 nitrogen and oxygen atoms in total. The minimum Gasteiger partial charge on any atom is -0.479 e. The zero-order chi connectivity index (χ0) is 17.6. The highest BCUT2D eigenvalue weighted by molar-refractivity contribution is 7.99. The summed E-state index contributed by atoms with van der Waals surface area (Å²) in [6.45, 7) is 1.97. The number of pyridine rings is 1. The second-order valence-corrected chi connectivity index (χ2v) is 6.32. The Labute approximate surface area is 148 Å². The third-order valence-electron chi connectivity index (χ3n) is 3.37. The van der Waals surface area contributed by atoms with Crippen LogP contribution in [0.4, 0.5) is 8.78 Å². The van der Waals surface area contributed by atoms with E-state index in [9.17, 15) is 8.78 Å². The predicted octanol–water partition coefficient (Wildman–Crippen LogP) is 5.10. The minimum atomic E-state index is -0.773. The van der Waals surface area contributed by atoms with Crippen molar-refractivity contribution in [1.29, 1.82) is 0 Å². The summed E-state index contributed by atoms with van der Waals surface area (Å²) < 4.78 is 38.8. The van der Waals surface area contributed by atoms with E-state index in [4.69, 9.17) is 9.26 Å². The minimum absolute atomic E-state index is 0.0995. The van der Waals surface area contributed by atoms with Crippen molar-refractivity contribution in [2.45, 2.75) is 25.0 Å². The normalized spacial score (nSPS) is 10.8. The number of aromatic nitrogens is 2. The van der Waals surface area contributed by atoms with Crippen LogP contribution >= 0.6 is 11.8 Å². The van der Waals surface area contributed by atoms with Gasteiger partial charge in [0.15, 0.2) is 23.1 Å². The third-order valence-corrected chi connectivity index (χ3v) is 4.58. The van der Waals surface area contributed by atoms with Crippen molar-refractivity contribution in [2.75, 3.05) is 5.75 Å². The molecule has 3 aromatic rings. The Balaban J connectivity index is 1.87. The fourth-order valence-corrected chi connectivity index (χ4v) is 3.11. The second kappa shape index (κ2) is 8.11. The molecular weight excluding hydrogens is 346 g/mol. The number of hydrogen-bond acceptors (Lipinski definition) is 5. The first-order chi connectivity index (χ1) is 12.2. The second-order valence-electron chi connectivity index (χ2n) is 5.24. The van der Waals surface area contributed by atoms with Gasteiger partial charge in [0, 0.05) is 17.8 Å². The summed E-state index contributed by atoms with van der Waals surface area (Å²) in [5.74, 6) is -0.720. The Morgan fingerprint density at radius 2 is 1.96 bits per heavy atom. The summed E-state index contributed by atoms with van der Waals surface area (Å²) in [7, 11) is 0. The zero-order valence-corrected chi connectivity index (χ0v) is 14.4. The third kappa shape index (κ3) is 4.17. The van der Waals surface area contributed by atoms with E-state index in [0.29, 0.717) is 16.9 Å². The summed E-state index contributed by atoms with van der Waals surface area (Å²) in [6, 6.07) is 7.62. The predicted molar refractivity (Wildman–Crippen MR) is 91.4 cm³/mol. The topological polar surface area (TPSA) is 48.2 Å². The molecule has 0 amide bonds. The molecule has 0 aliphatic rings. The van der Waals surface area contributed by atoms with Gasteiger partial charge in [0.1, 0.15) is 11.6 Å². The number of halogens is 2. The molecule has 0 unspecified atom stereocenters. The number of benzene rings is 1. The van der Waals surface area contributed by atoms with E-state index in [0.717, 1.165) is 17.2 Å². The molecule has 0 saturated heterocycles. The average Bonchev–Trinajstić information content (AvgIpc) is 3.13. The number of rotatable bonds is 7. The van der Waals surface area contributed by atoms with Crippen LogP contribution in [0.15, 0.2) is 52.3 Å². The Morgan fingerprint density at radius 3 is 2.64 bits per heavy atom. The molecule has 0 atom stereocenters. The Bertz CT molecular complexity index is 818. The summed E-state index contributed by atoms with van der Waals surface area (Å²) in [5, 5.41) is 4.26. The van der Waals surface area contributed by atoms with Crippen molar-refractivity contribution in [3.8, 4) is 16.9 Å². The lowest BCUT2D eigenvalue weighted by Crippen LogP contribution is -2.00. The highest BCUT2D eigenvalue weighted by atomic mass is 32.2. The molecule has 0 radical (unpaired) electrons. The van der Waals surface area contributed by atoms with Gasteiger partial charge in [0.05, 0.1) is 6.20 Å². The molecule has 130 valence electrons. The highest BCUT2D eigenvalue weighted by Crippen LogP contribution is 2.34. The molecule has 0 bridgehead atoms. The molecule has 0 N–H and O–H groups in total. The van der Waals surface area contributed by atoms with Crippen LogP contribution < -0.4 is 4.74 Å². The van der Waals surface area contributed by atoms with Gasteiger partial charge in [-0.25, -0.2) is 13.8 Å². The quantitative estimate of drug-likeness (QED) is 0.548. The molecule has 0 aliphatic carbocycles. The van der Waals surface area contributed by atoms with Gasteiger partial charge >= 0.3 is 0 Å². The van der Waals surface area contributed by atoms with Crippen LogP contribution in [0.2, 0.25) is 0 Å². The molecular formula is C18H16F2N2O2S. The standard InChI is InChI=1S/C18H16F2N2O2S/c1-2-8-25-18-14(4-3-6-21-18)12-9-15(19)17(16(20)10-12)23-11-13-5-7-22-24-13/h3-7,9-10H,2,8,11H2,1H3. The molecule has 0 aliphatic heterocycles. The molecule has 25 heavy (non-hydrogen) atoms. The number of nitrogens with zero attached hydrogens (tertiary/aromatic N) is 2. The zero-order valence-electron chi connectivity index (χ0n) is 13.5. The van der Waals surface area contributed by atoms with Crippen LogP contribution in [0.1, 0.15) is 19.1 Å². The molecule has 1 aromatic carbocycles. The highest BCUT2D eigenvalue weighted by Gasteiger charge is 2.16. The van der Waals surface area contributed by atoms with Gasteiger partial charge in [-0.2, -0.15) is 0 Å². The van der Waals surface area contributed by atoms with Gasteiger partial charge in [0.2, 0.25) is 0 Å². The lowest BCUT2D eigenvalue weighted by Gasteiger charge is -2.11. The number of ether oxygens (including phenoxy) is 1. The first kappa shape index (κ1) is 17.4. The van der Waals surface area contributed by atoms with E-state index in [1.165, 1.54) is 18.3 Å². The van der Waals surface area contributed by atoms with Gasteiger partial charge < -0.3 is 9.26 Å². The number of hydrogen-bond donors (Lipinski definition) is 0. The largest absolute Gasteiger partial charge is 0.479 e.